The molecule has 3 rings (SSSR count). The predicted molar refractivity (Wildman–Crippen MR) is 56.1 cm³/mol. The van der Waals surface area contributed by atoms with Gasteiger partial charge in [0.25, 0.3) is 0 Å². The standard InChI is InChI=1S/C12H21NO/c14-12-7-10-5-1-3-9-4-2-6-11(8-12)13(9)10/h9-12,14H,1-8H2/t9?,10-,11+,12?. The lowest BCUT2D eigenvalue weighted by atomic mass is 9.78. The lowest BCUT2D eigenvalue weighted by Gasteiger charge is -2.53. The molecular formula is C12H21NO. The van der Waals surface area contributed by atoms with E-state index in [0.29, 0.717) is 0 Å². The molecule has 1 N–H and O–H groups in total. The minimum absolute atomic E-state index is 0.00176. The molecule has 3 aliphatic rings. The Morgan fingerprint density at radius 1 is 0.786 bits per heavy atom. The molecule has 80 valence electrons. The number of rotatable bonds is 0. The summed E-state index contributed by atoms with van der Waals surface area (Å²) in [7, 11) is 0. The molecule has 0 aromatic rings. The Labute approximate surface area is 86.3 Å². The van der Waals surface area contributed by atoms with Crippen LogP contribution in [0.5, 0.6) is 0 Å². The van der Waals surface area contributed by atoms with E-state index >= 15 is 0 Å². The smallest absolute Gasteiger partial charge is 0.0570 e. The van der Waals surface area contributed by atoms with E-state index in [0.717, 1.165) is 31.0 Å². The summed E-state index contributed by atoms with van der Waals surface area (Å²) in [6, 6.07) is 2.32. The van der Waals surface area contributed by atoms with Gasteiger partial charge in [-0.15, -0.1) is 0 Å². The fraction of sp³-hybridized carbons (Fsp3) is 1.00. The number of hydrogen-bond acceptors (Lipinski definition) is 2. The molecule has 3 heterocycles. The van der Waals surface area contributed by atoms with Crippen LogP contribution in [-0.4, -0.2) is 34.2 Å². The van der Waals surface area contributed by atoms with Gasteiger partial charge in [-0.05, 0) is 38.5 Å². The maximum atomic E-state index is 9.83. The fourth-order valence-corrected chi connectivity index (χ4v) is 4.02. The summed E-state index contributed by atoms with van der Waals surface area (Å²) in [5.74, 6) is 0. The van der Waals surface area contributed by atoms with Crippen molar-refractivity contribution < 1.29 is 5.11 Å². The zero-order valence-electron chi connectivity index (χ0n) is 8.86. The molecule has 0 radical (unpaired) electrons. The van der Waals surface area contributed by atoms with Crippen LogP contribution in [0.25, 0.3) is 0 Å². The Balaban J connectivity index is 1.82. The third kappa shape index (κ3) is 1.40. The first-order valence-corrected chi connectivity index (χ1v) is 6.30. The normalized spacial score (nSPS) is 48.6. The second kappa shape index (κ2) is 3.49. The second-order valence-corrected chi connectivity index (χ2v) is 5.40. The van der Waals surface area contributed by atoms with Gasteiger partial charge in [0.05, 0.1) is 6.10 Å². The van der Waals surface area contributed by atoms with Crippen LogP contribution in [0.15, 0.2) is 0 Å². The van der Waals surface area contributed by atoms with Gasteiger partial charge in [-0.3, -0.25) is 4.90 Å². The summed E-state index contributed by atoms with van der Waals surface area (Å²) in [6.45, 7) is 0. The van der Waals surface area contributed by atoms with Crippen LogP contribution in [0.1, 0.15) is 51.4 Å². The van der Waals surface area contributed by atoms with Crippen LogP contribution in [0.3, 0.4) is 0 Å². The number of nitrogens with zero attached hydrogens (tertiary/aromatic N) is 1. The highest BCUT2D eigenvalue weighted by Gasteiger charge is 2.42. The Morgan fingerprint density at radius 2 is 1.29 bits per heavy atom. The molecule has 2 unspecified atom stereocenters. The van der Waals surface area contributed by atoms with E-state index in [1.807, 2.05) is 0 Å². The average Bonchev–Trinajstić information content (AvgIpc) is 2.18. The Bertz CT molecular complexity index is 198. The molecule has 4 atom stereocenters. The van der Waals surface area contributed by atoms with Crippen molar-refractivity contribution in [2.75, 3.05) is 0 Å². The van der Waals surface area contributed by atoms with Crippen molar-refractivity contribution >= 4 is 0 Å². The maximum Gasteiger partial charge on any atom is 0.0570 e. The first-order valence-electron chi connectivity index (χ1n) is 6.30. The SMILES string of the molecule is OC1C[C@H]2CCCC3CCC[C@@H](C1)N32. The van der Waals surface area contributed by atoms with Gasteiger partial charge in [0, 0.05) is 18.1 Å². The monoisotopic (exact) mass is 195 g/mol. The lowest BCUT2D eigenvalue weighted by Crippen LogP contribution is -2.59. The van der Waals surface area contributed by atoms with Crippen molar-refractivity contribution in [2.45, 2.75) is 75.6 Å². The van der Waals surface area contributed by atoms with Gasteiger partial charge in [0.15, 0.2) is 0 Å². The quantitative estimate of drug-likeness (QED) is 0.638. The van der Waals surface area contributed by atoms with Crippen molar-refractivity contribution in [3.05, 3.63) is 0 Å². The van der Waals surface area contributed by atoms with E-state index in [1.165, 1.54) is 38.5 Å². The first-order chi connectivity index (χ1) is 6.84. The molecule has 2 heteroatoms. The summed E-state index contributed by atoms with van der Waals surface area (Å²) in [5, 5.41) is 9.83. The molecular weight excluding hydrogens is 174 g/mol. The minimum Gasteiger partial charge on any atom is -0.393 e. The van der Waals surface area contributed by atoms with Gasteiger partial charge in [-0.1, -0.05) is 12.8 Å². The van der Waals surface area contributed by atoms with Gasteiger partial charge >= 0.3 is 0 Å². The summed E-state index contributed by atoms with van der Waals surface area (Å²) >= 11 is 0. The highest BCUT2D eigenvalue weighted by atomic mass is 16.3. The van der Waals surface area contributed by atoms with Crippen LogP contribution in [0, 0.1) is 0 Å². The zero-order chi connectivity index (χ0) is 9.54. The topological polar surface area (TPSA) is 23.5 Å². The van der Waals surface area contributed by atoms with Gasteiger partial charge in [-0.25, -0.2) is 0 Å². The third-order valence-corrected chi connectivity index (χ3v) is 4.50. The van der Waals surface area contributed by atoms with Crippen molar-refractivity contribution in [1.29, 1.82) is 0 Å². The highest BCUT2D eigenvalue weighted by Crippen LogP contribution is 2.40. The molecule has 3 fully saturated rings. The molecule has 0 aliphatic carbocycles. The molecule has 2 nitrogen and oxygen atoms in total. The second-order valence-electron chi connectivity index (χ2n) is 5.40. The van der Waals surface area contributed by atoms with Crippen molar-refractivity contribution in [1.82, 2.24) is 4.90 Å². The van der Waals surface area contributed by atoms with Gasteiger partial charge < -0.3 is 5.11 Å². The molecule has 0 bridgehead atoms. The lowest BCUT2D eigenvalue weighted by molar-refractivity contribution is -0.0678. The summed E-state index contributed by atoms with van der Waals surface area (Å²) in [5.41, 5.74) is 0. The van der Waals surface area contributed by atoms with Crippen LogP contribution in [0.4, 0.5) is 0 Å². The van der Waals surface area contributed by atoms with Crippen molar-refractivity contribution in [2.24, 2.45) is 0 Å². The van der Waals surface area contributed by atoms with E-state index < -0.39 is 0 Å². The van der Waals surface area contributed by atoms with Crippen LogP contribution in [-0.2, 0) is 0 Å². The Hall–Kier alpha value is -0.0800. The van der Waals surface area contributed by atoms with Gasteiger partial charge in [-0.2, -0.15) is 0 Å². The first kappa shape index (κ1) is 9.17. The molecule has 14 heavy (non-hydrogen) atoms. The molecule has 3 aliphatic heterocycles. The molecule has 3 saturated heterocycles. The molecule has 0 amide bonds. The van der Waals surface area contributed by atoms with E-state index in [-0.39, 0.29) is 6.10 Å². The fourth-order valence-electron chi connectivity index (χ4n) is 4.02. The molecule has 0 aromatic heterocycles. The summed E-state index contributed by atoms with van der Waals surface area (Å²) < 4.78 is 0. The third-order valence-electron chi connectivity index (χ3n) is 4.50. The molecule has 0 spiro atoms. The number of piperidine rings is 3. The Morgan fingerprint density at radius 3 is 1.86 bits per heavy atom. The van der Waals surface area contributed by atoms with Crippen molar-refractivity contribution in [3.8, 4) is 0 Å². The van der Waals surface area contributed by atoms with E-state index in [1.54, 1.807) is 0 Å². The number of aliphatic hydroxyl groups is 1. The van der Waals surface area contributed by atoms with Crippen LogP contribution in [0.2, 0.25) is 0 Å². The van der Waals surface area contributed by atoms with Gasteiger partial charge in [0.1, 0.15) is 0 Å². The highest BCUT2D eigenvalue weighted by molar-refractivity contribution is 4.97. The number of aliphatic hydroxyl groups excluding tert-OH is 1. The summed E-state index contributed by atoms with van der Waals surface area (Å²) in [6.07, 6.45) is 10.4. The largest absolute Gasteiger partial charge is 0.393 e. The number of hydrogen-bond donors (Lipinski definition) is 1. The minimum atomic E-state index is -0.00176. The average molecular weight is 195 g/mol. The van der Waals surface area contributed by atoms with E-state index in [9.17, 15) is 5.11 Å². The Kier molecular flexibility index (Phi) is 2.29. The summed E-state index contributed by atoms with van der Waals surface area (Å²) in [4.78, 5) is 2.78. The van der Waals surface area contributed by atoms with Crippen molar-refractivity contribution in [3.63, 3.8) is 0 Å². The zero-order valence-corrected chi connectivity index (χ0v) is 8.86. The molecule has 0 aromatic carbocycles. The van der Waals surface area contributed by atoms with E-state index in [2.05, 4.69) is 4.90 Å². The maximum absolute atomic E-state index is 9.83. The van der Waals surface area contributed by atoms with Gasteiger partial charge in [0.2, 0.25) is 0 Å². The van der Waals surface area contributed by atoms with Crippen LogP contribution >= 0.6 is 0 Å². The molecule has 0 saturated carbocycles. The van der Waals surface area contributed by atoms with Crippen LogP contribution < -0.4 is 0 Å². The predicted octanol–water partition coefficient (Wildman–Crippen LogP) is 1.92. The van der Waals surface area contributed by atoms with E-state index in [4.69, 9.17) is 0 Å².